The Labute approximate surface area is 97.5 Å². The molecule has 17 heavy (non-hydrogen) atoms. The summed E-state index contributed by atoms with van der Waals surface area (Å²) in [6.07, 6.45) is 2.79. The second kappa shape index (κ2) is 4.30. The molecule has 0 amide bonds. The molecule has 0 bridgehead atoms. The first-order valence-corrected chi connectivity index (χ1v) is 5.18. The van der Waals surface area contributed by atoms with Gasteiger partial charge in [-0.05, 0) is 24.6 Å². The van der Waals surface area contributed by atoms with E-state index in [0.29, 0.717) is 5.56 Å². The molecule has 0 aliphatic heterocycles. The summed E-state index contributed by atoms with van der Waals surface area (Å²) in [5.41, 5.74) is -0.626. The normalized spacial score (nSPS) is 14.6. The smallest absolute Gasteiger partial charge is 0.162 e. The predicted octanol–water partition coefficient (Wildman–Crippen LogP) is 3.01. The maximum absolute atomic E-state index is 13.5. The molecule has 0 spiro atoms. The molecule has 1 heterocycles. The van der Waals surface area contributed by atoms with Gasteiger partial charge in [0, 0.05) is 12.0 Å². The molecule has 2 rings (SSSR count). The molecule has 1 aromatic heterocycles. The second-order valence-corrected chi connectivity index (χ2v) is 4.18. The summed E-state index contributed by atoms with van der Waals surface area (Å²) in [6.45, 7) is 1.53. The van der Waals surface area contributed by atoms with E-state index in [0.717, 1.165) is 6.07 Å². The van der Waals surface area contributed by atoms with Crippen LogP contribution in [0.25, 0.3) is 0 Å². The minimum atomic E-state index is -1.29. The standard InChI is InChI=1S/C13H12F2O2/c1-13(16,10-5-6-17-8-10)7-9-3-2-4-11(14)12(9)15/h2-6,8,16H,7H2,1H3. The van der Waals surface area contributed by atoms with E-state index in [1.807, 2.05) is 0 Å². The van der Waals surface area contributed by atoms with Gasteiger partial charge >= 0.3 is 0 Å². The van der Waals surface area contributed by atoms with Gasteiger partial charge < -0.3 is 9.52 Å². The molecule has 1 N–H and O–H groups in total. The van der Waals surface area contributed by atoms with Crippen LogP contribution in [-0.4, -0.2) is 5.11 Å². The number of halogens is 2. The number of rotatable bonds is 3. The minimum Gasteiger partial charge on any atom is -0.472 e. The van der Waals surface area contributed by atoms with E-state index in [4.69, 9.17) is 4.42 Å². The molecule has 1 unspecified atom stereocenters. The van der Waals surface area contributed by atoms with Crippen LogP contribution in [0, 0.1) is 11.6 Å². The first-order chi connectivity index (χ1) is 8.00. The van der Waals surface area contributed by atoms with Crippen molar-refractivity contribution in [2.24, 2.45) is 0 Å². The van der Waals surface area contributed by atoms with Gasteiger partial charge in [0.1, 0.15) is 0 Å². The molecule has 90 valence electrons. The van der Waals surface area contributed by atoms with Crippen molar-refractivity contribution in [3.63, 3.8) is 0 Å². The molecule has 1 aromatic carbocycles. The van der Waals surface area contributed by atoms with Crippen LogP contribution in [0.4, 0.5) is 8.78 Å². The van der Waals surface area contributed by atoms with Gasteiger partial charge in [0.25, 0.3) is 0 Å². The molecule has 0 saturated heterocycles. The summed E-state index contributed by atoms with van der Waals surface area (Å²) < 4.78 is 31.4. The lowest BCUT2D eigenvalue weighted by Crippen LogP contribution is -2.24. The van der Waals surface area contributed by atoms with E-state index in [2.05, 4.69) is 0 Å². The van der Waals surface area contributed by atoms with Gasteiger partial charge in [-0.3, -0.25) is 0 Å². The van der Waals surface area contributed by atoms with Crippen molar-refractivity contribution in [3.8, 4) is 0 Å². The number of benzene rings is 1. The van der Waals surface area contributed by atoms with Gasteiger partial charge in [0.15, 0.2) is 11.6 Å². The van der Waals surface area contributed by atoms with Gasteiger partial charge in [0.05, 0.1) is 18.1 Å². The van der Waals surface area contributed by atoms with Gasteiger partial charge in [-0.1, -0.05) is 12.1 Å². The quantitative estimate of drug-likeness (QED) is 0.891. The molecular weight excluding hydrogens is 226 g/mol. The molecule has 0 aliphatic rings. The lowest BCUT2D eigenvalue weighted by atomic mass is 9.91. The maximum atomic E-state index is 13.5. The molecule has 0 aliphatic carbocycles. The van der Waals surface area contributed by atoms with Crippen molar-refractivity contribution >= 4 is 0 Å². The van der Waals surface area contributed by atoms with E-state index < -0.39 is 17.2 Å². The van der Waals surface area contributed by atoms with Crippen LogP contribution in [0.5, 0.6) is 0 Å². The van der Waals surface area contributed by atoms with E-state index >= 15 is 0 Å². The highest BCUT2D eigenvalue weighted by Gasteiger charge is 2.26. The molecule has 2 aromatic rings. The van der Waals surface area contributed by atoms with Crippen LogP contribution in [0.3, 0.4) is 0 Å². The van der Waals surface area contributed by atoms with Crippen LogP contribution >= 0.6 is 0 Å². The van der Waals surface area contributed by atoms with Crippen LogP contribution in [0.2, 0.25) is 0 Å². The summed E-state index contributed by atoms with van der Waals surface area (Å²) in [5.74, 6) is -1.83. The second-order valence-electron chi connectivity index (χ2n) is 4.18. The lowest BCUT2D eigenvalue weighted by molar-refractivity contribution is 0.0559. The van der Waals surface area contributed by atoms with Gasteiger partial charge in [-0.25, -0.2) is 8.78 Å². The molecule has 0 radical (unpaired) electrons. The Morgan fingerprint density at radius 1 is 1.29 bits per heavy atom. The van der Waals surface area contributed by atoms with Crippen LogP contribution in [0.15, 0.2) is 41.2 Å². The number of hydrogen-bond donors (Lipinski definition) is 1. The van der Waals surface area contributed by atoms with E-state index in [1.54, 1.807) is 6.07 Å². The third-order valence-corrected chi connectivity index (χ3v) is 2.71. The molecule has 0 fully saturated rings. The fourth-order valence-corrected chi connectivity index (χ4v) is 1.73. The Balaban J connectivity index is 2.29. The highest BCUT2D eigenvalue weighted by atomic mass is 19.2. The number of furan rings is 1. The molecule has 1 atom stereocenters. The third kappa shape index (κ3) is 2.36. The Hall–Kier alpha value is -1.68. The van der Waals surface area contributed by atoms with Crippen molar-refractivity contribution in [3.05, 3.63) is 59.6 Å². The van der Waals surface area contributed by atoms with Crippen molar-refractivity contribution in [1.29, 1.82) is 0 Å². The largest absolute Gasteiger partial charge is 0.472 e. The minimum absolute atomic E-state index is 0.0177. The topological polar surface area (TPSA) is 33.4 Å². The summed E-state index contributed by atoms with van der Waals surface area (Å²) in [6, 6.07) is 5.51. The number of hydrogen-bond acceptors (Lipinski definition) is 2. The maximum Gasteiger partial charge on any atom is 0.162 e. The van der Waals surface area contributed by atoms with Gasteiger partial charge in [-0.15, -0.1) is 0 Å². The summed E-state index contributed by atoms with van der Waals surface area (Å²) >= 11 is 0. The fourth-order valence-electron chi connectivity index (χ4n) is 1.73. The third-order valence-electron chi connectivity index (χ3n) is 2.71. The first-order valence-electron chi connectivity index (χ1n) is 5.18. The zero-order valence-corrected chi connectivity index (χ0v) is 9.28. The summed E-state index contributed by atoms with van der Waals surface area (Å²) in [4.78, 5) is 0. The SMILES string of the molecule is CC(O)(Cc1cccc(F)c1F)c1ccoc1. The zero-order valence-electron chi connectivity index (χ0n) is 9.28. The van der Waals surface area contributed by atoms with E-state index in [9.17, 15) is 13.9 Å². The van der Waals surface area contributed by atoms with Crippen molar-refractivity contribution < 1.29 is 18.3 Å². The van der Waals surface area contributed by atoms with Crippen LogP contribution in [-0.2, 0) is 12.0 Å². The van der Waals surface area contributed by atoms with Crippen molar-refractivity contribution in [1.82, 2.24) is 0 Å². The Kier molecular flexibility index (Phi) is 2.98. The predicted molar refractivity (Wildman–Crippen MR) is 58.3 cm³/mol. The van der Waals surface area contributed by atoms with Gasteiger partial charge in [0.2, 0.25) is 0 Å². The average molecular weight is 238 g/mol. The summed E-state index contributed by atoms with van der Waals surface area (Å²) in [7, 11) is 0. The Morgan fingerprint density at radius 3 is 2.71 bits per heavy atom. The highest BCUT2D eigenvalue weighted by Crippen LogP contribution is 2.27. The van der Waals surface area contributed by atoms with Crippen LogP contribution < -0.4 is 0 Å². The van der Waals surface area contributed by atoms with Crippen molar-refractivity contribution in [2.75, 3.05) is 0 Å². The van der Waals surface area contributed by atoms with Crippen LogP contribution in [0.1, 0.15) is 18.1 Å². The van der Waals surface area contributed by atoms with E-state index in [1.165, 1.54) is 31.6 Å². The monoisotopic (exact) mass is 238 g/mol. The average Bonchev–Trinajstić information content (AvgIpc) is 2.78. The molecular formula is C13H12F2O2. The Morgan fingerprint density at radius 2 is 2.06 bits per heavy atom. The molecule has 4 heteroatoms. The lowest BCUT2D eigenvalue weighted by Gasteiger charge is -2.22. The van der Waals surface area contributed by atoms with Gasteiger partial charge in [-0.2, -0.15) is 0 Å². The first kappa shape index (κ1) is 11.8. The highest BCUT2D eigenvalue weighted by molar-refractivity contribution is 5.25. The molecule has 2 nitrogen and oxygen atoms in total. The van der Waals surface area contributed by atoms with Crippen molar-refractivity contribution in [2.45, 2.75) is 18.9 Å². The zero-order chi connectivity index (χ0) is 12.5. The molecule has 0 saturated carbocycles. The Bertz CT molecular complexity index is 504. The summed E-state index contributed by atoms with van der Waals surface area (Å²) in [5, 5.41) is 10.2. The number of aliphatic hydroxyl groups is 1. The van der Waals surface area contributed by atoms with E-state index in [-0.39, 0.29) is 12.0 Å². The fraction of sp³-hybridized carbons (Fsp3) is 0.231.